The van der Waals surface area contributed by atoms with Crippen LogP contribution in [0.3, 0.4) is 0 Å². The highest BCUT2D eigenvalue weighted by atomic mass is 31.2. The molecule has 22 heavy (non-hydrogen) atoms. The van der Waals surface area contributed by atoms with Crippen molar-refractivity contribution in [3.63, 3.8) is 0 Å². The zero-order valence-electron chi connectivity index (χ0n) is 11.9. The van der Waals surface area contributed by atoms with Crippen LogP contribution in [0, 0.1) is 0 Å². The molecule has 0 bridgehead atoms. The minimum absolute atomic E-state index is 0.979. The number of hydrogen-bond donors (Lipinski definition) is 0. The van der Waals surface area contributed by atoms with E-state index in [1.165, 1.54) is 10.8 Å². The van der Waals surface area contributed by atoms with Gasteiger partial charge in [0.2, 0.25) is 0 Å². The lowest BCUT2D eigenvalue weighted by molar-refractivity contribution is 0.593. The Labute approximate surface area is 129 Å². The van der Waals surface area contributed by atoms with Gasteiger partial charge in [0.15, 0.2) is 7.14 Å². The van der Waals surface area contributed by atoms with Crippen molar-refractivity contribution in [3.05, 3.63) is 83.2 Å². The van der Waals surface area contributed by atoms with Crippen LogP contribution in [0.15, 0.2) is 66.5 Å². The maximum Gasteiger partial charge on any atom is 0.165 e. The molecule has 0 aromatic heterocycles. The zero-order chi connectivity index (χ0) is 14.7. The van der Waals surface area contributed by atoms with E-state index in [0.29, 0.717) is 0 Å². The number of rotatable bonds is 0. The largest absolute Gasteiger partial charge is 0.309 e. The Morgan fingerprint density at radius 2 is 1.64 bits per heavy atom. The Balaban J connectivity index is 1.91. The topological polar surface area (TPSA) is 17.1 Å². The van der Waals surface area contributed by atoms with E-state index in [2.05, 4.69) is 36.4 Å². The van der Waals surface area contributed by atoms with Gasteiger partial charge in [-0.05, 0) is 45.4 Å². The fourth-order valence-electron chi connectivity index (χ4n) is 3.57. The van der Waals surface area contributed by atoms with Crippen LogP contribution < -0.4 is 5.30 Å². The van der Waals surface area contributed by atoms with Crippen LogP contribution in [0.2, 0.25) is 0 Å². The summed E-state index contributed by atoms with van der Waals surface area (Å²) in [6.45, 7) is 0. The van der Waals surface area contributed by atoms with Gasteiger partial charge in [-0.1, -0.05) is 60.7 Å². The maximum atomic E-state index is 13.7. The van der Waals surface area contributed by atoms with Crippen molar-refractivity contribution in [1.82, 2.24) is 0 Å². The lowest BCUT2D eigenvalue weighted by Gasteiger charge is -2.20. The molecule has 1 nitrogen and oxygen atoms in total. The van der Waals surface area contributed by atoms with Crippen molar-refractivity contribution in [1.29, 1.82) is 0 Å². The molecule has 0 saturated heterocycles. The van der Waals surface area contributed by atoms with E-state index in [0.717, 1.165) is 27.3 Å². The second kappa shape index (κ2) is 4.09. The van der Waals surface area contributed by atoms with Gasteiger partial charge in [-0.3, -0.25) is 0 Å². The molecule has 0 N–H and O–H groups in total. The minimum Gasteiger partial charge on any atom is -0.309 e. The van der Waals surface area contributed by atoms with Crippen LogP contribution in [0.4, 0.5) is 0 Å². The van der Waals surface area contributed by atoms with Crippen molar-refractivity contribution in [2.24, 2.45) is 0 Å². The Hall–Kier alpha value is -2.37. The zero-order valence-corrected chi connectivity index (χ0v) is 12.8. The molecule has 2 aliphatic heterocycles. The lowest BCUT2D eigenvalue weighted by Crippen LogP contribution is -2.05. The fraction of sp³-hybridized carbons (Fsp3) is 0. The van der Waals surface area contributed by atoms with Crippen LogP contribution in [0.25, 0.3) is 28.2 Å². The molecule has 2 aliphatic rings. The van der Waals surface area contributed by atoms with Crippen molar-refractivity contribution >= 4 is 40.7 Å². The molecular formula is C20H13OP. The van der Waals surface area contributed by atoms with Crippen LogP contribution in [0.1, 0.15) is 16.7 Å². The molecule has 0 amide bonds. The highest BCUT2D eigenvalue weighted by Crippen LogP contribution is 2.66. The van der Waals surface area contributed by atoms with E-state index in [-0.39, 0.29) is 0 Å². The quantitative estimate of drug-likeness (QED) is 0.513. The third-order valence-corrected chi connectivity index (χ3v) is 7.41. The van der Waals surface area contributed by atoms with Crippen LogP contribution >= 0.6 is 7.14 Å². The summed E-state index contributed by atoms with van der Waals surface area (Å²) in [5, 5.41) is 4.34. The van der Waals surface area contributed by atoms with Crippen molar-refractivity contribution in [2.45, 2.75) is 0 Å². The number of benzene rings is 3. The SMILES string of the molecule is O=P12C=Cc3ccccc3C1=Cc1c2ccc2ccccc12. The second-order valence-corrected chi connectivity index (χ2v) is 8.39. The highest BCUT2D eigenvalue weighted by Gasteiger charge is 2.38. The molecule has 0 fully saturated rings. The summed E-state index contributed by atoms with van der Waals surface area (Å²) in [7, 11) is -2.62. The highest BCUT2D eigenvalue weighted by molar-refractivity contribution is 7.85. The average molecular weight is 300 g/mol. The van der Waals surface area contributed by atoms with Crippen LogP contribution in [-0.4, -0.2) is 0 Å². The summed E-state index contributed by atoms with van der Waals surface area (Å²) in [4.78, 5) is 0. The smallest absolute Gasteiger partial charge is 0.165 e. The first-order chi connectivity index (χ1) is 10.8. The van der Waals surface area contributed by atoms with E-state index < -0.39 is 7.14 Å². The fourth-order valence-corrected chi connectivity index (χ4v) is 6.24. The molecule has 0 spiro atoms. The molecule has 5 rings (SSSR count). The van der Waals surface area contributed by atoms with Gasteiger partial charge in [0, 0.05) is 10.6 Å². The minimum atomic E-state index is -2.62. The molecule has 0 radical (unpaired) electrons. The van der Waals surface area contributed by atoms with Crippen molar-refractivity contribution in [3.8, 4) is 0 Å². The molecule has 2 heterocycles. The number of fused-ring (bicyclic) bond motifs is 7. The summed E-state index contributed by atoms with van der Waals surface area (Å²) >= 11 is 0. The van der Waals surface area contributed by atoms with Gasteiger partial charge in [-0.2, -0.15) is 0 Å². The van der Waals surface area contributed by atoms with Gasteiger partial charge in [0.05, 0.1) is 0 Å². The third kappa shape index (κ3) is 1.42. The van der Waals surface area contributed by atoms with Crippen LogP contribution in [0.5, 0.6) is 0 Å². The predicted octanol–water partition coefficient (Wildman–Crippen LogP) is 5.32. The van der Waals surface area contributed by atoms with Crippen LogP contribution in [-0.2, 0) is 4.57 Å². The van der Waals surface area contributed by atoms with Crippen molar-refractivity contribution in [2.75, 3.05) is 0 Å². The van der Waals surface area contributed by atoms with E-state index in [1.54, 1.807) is 0 Å². The standard InChI is InChI=1S/C20H13OP/c21-22-12-11-15-6-2-4-8-17(15)20(22)13-18-16-7-3-1-5-14(16)9-10-19(18)22/h1-13H. The molecule has 1 unspecified atom stereocenters. The van der Waals surface area contributed by atoms with E-state index in [4.69, 9.17) is 0 Å². The van der Waals surface area contributed by atoms with Crippen molar-refractivity contribution < 1.29 is 4.57 Å². The summed E-state index contributed by atoms with van der Waals surface area (Å²) in [5.41, 5.74) is 3.38. The molecule has 1 atom stereocenters. The summed E-state index contributed by atoms with van der Waals surface area (Å²) in [6.07, 6.45) is 4.15. The maximum absolute atomic E-state index is 13.7. The molecule has 0 aliphatic carbocycles. The molecule has 3 aromatic rings. The van der Waals surface area contributed by atoms with E-state index in [1.807, 2.05) is 42.2 Å². The predicted molar refractivity (Wildman–Crippen MR) is 94.5 cm³/mol. The number of hydrogen-bond acceptors (Lipinski definition) is 1. The van der Waals surface area contributed by atoms with Gasteiger partial charge in [0.25, 0.3) is 0 Å². The molecule has 0 saturated carbocycles. The summed E-state index contributed by atoms with van der Waals surface area (Å²) in [5.74, 6) is 1.92. The van der Waals surface area contributed by atoms with Gasteiger partial charge < -0.3 is 4.57 Å². The second-order valence-electron chi connectivity index (χ2n) is 5.81. The first kappa shape index (κ1) is 12.2. The Bertz CT molecular complexity index is 1060. The monoisotopic (exact) mass is 300 g/mol. The summed E-state index contributed by atoms with van der Waals surface area (Å²) in [6, 6.07) is 20.6. The summed E-state index contributed by atoms with van der Waals surface area (Å²) < 4.78 is 13.7. The Kier molecular flexibility index (Phi) is 2.27. The molecule has 104 valence electrons. The van der Waals surface area contributed by atoms with E-state index >= 15 is 0 Å². The van der Waals surface area contributed by atoms with Gasteiger partial charge in [0.1, 0.15) is 0 Å². The Morgan fingerprint density at radius 1 is 0.818 bits per heavy atom. The first-order valence-electron chi connectivity index (χ1n) is 7.40. The third-order valence-electron chi connectivity index (χ3n) is 4.65. The van der Waals surface area contributed by atoms with Gasteiger partial charge in [-0.25, -0.2) is 0 Å². The first-order valence-corrected chi connectivity index (χ1v) is 9.18. The molecular weight excluding hydrogens is 287 g/mol. The molecule has 3 aromatic carbocycles. The van der Waals surface area contributed by atoms with E-state index in [9.17, 15) is 4.57 Å². The average Bonchev–Trinajstić information content (AvgIpc) is 2.88. The lowest BCUT2D eigenvalue weighted by atomic mass is 10.0. The normalized spacial score (nSPS) is 21.2. The van der Waals surface area contributed by atoms with Gasteiger partial charge in [-0.15, -0.1) is 0 Å². The molecule has 2 heteroatoms. The van der Waals surface area contributed by atoms with Gasteiger partial charge >= 0.3 is 0 Å². The Morgan fingerprint density at radius 3 is 2.59 bits per heavy atom.